The zero-order valence-corrected chi connectivity index (χ0v) is 18.4. The summed E-state index contributed by atoms with van der Waals surface area (Å²) in [6.07, 6.45) is 7.56. The van der Waals surface area contributed by atoms with Crippen molar-refractivity contribution < 1.29 is 23.9 Å². The summed E-state index contributed by atoms with van der Waals surface area (Å²) in [5.41, 5.74) is 1.19. The molecule has 3 aliphatic rings. The molecule has 5 heteroatoms. The summed E-state index contributed by atoms with van der Waals surface area (Å²) in [5.74, 6) is 0.122. The van der Waals surface area contributed by atoms with Gasteiger partial charge in [-0.25, -0.2) is 0 Å². The van der Waals surface area contributed by atoms with E-state index in [-0.39, 0.29) is 52.7 Å². The van der Waals surface area contributed by atoms with Crippen LogP contribution < -0.4 is 0 Å². The molecule has 0 aromatic rings. The van der Waals surface area contributed by atoms with Crippen LogP contribution in [0.25, 0.3) is 0 Å². The third kappa shape index (κ3) is 4.02. The van der Waals surface area contributed by atoms with Gasteiger partial charge in [-0.2, -0.15) is 0 Å². The van der Waals surface area contributed by atoms with Crippen molar-refractivity contribution in [1.29, 1.82) is 0 Å². The van der Waals surface area contributed by atoms with Crippen LogP contribution in [0.3, 0.4) is 0 Å². The first-order chi connectivity index (χ1) is 13.6. The minimum Gasteiger partial charge on any atom is -0.463 e. The van der Waals surface area contributed by atoms with E-state index in [1.54, 1.807) is 0 Å². The van der Waals surface area contributed by atoms with Crippen LogP contribution in [0.5, 0.6) is 0 Å². The number of fused-ring (bicyclic) bond motifs is 1. The molecule has 0 aromatic heterocycles. The predicted molar refractivity (Wildman–Crippen MR) is 110 cm³/mol. The van der Waals surface area contributed by atoms with Gasteiger partial charge in [0.25, 0.3) is 0 Å². The lowest BCUT2D eigenvalue weighted by Gasteiger charge is -2.56. The third-order valence-corrected chi connectivity index (χ3v) is 8.50. The van der Waals surface area contributed by atoms with Gasteiger partial charge in [-0.05, 0) is 61.7 Å². The average molecular weight is 405 g/mol. The van der Waals surface area contributed by atoms with E-state index in [0.717, 1.165) is 44.8 Å². The number of rotatable bonds is 5. The molecule has 0 N–H and O–H groups in total. The zero-order chi connectivity index (χ0) is 21.4. The van der Waals surface area contributed by atoms with E-state index in [1.165, 1.54) is 19.4 Å². The van der Waals surface area contributed by atoms with Crippen molar-refractivity contribution in [3.05, 3.63) is 12.2 Å². The highest BCUT2D eigenvalue weighted by Crippen LogP contribution is 2.62. The first-order valence-corrected chi connectivity index (χ1v) is 11.1. The van der Waals surface area contributed by atoms with Crippen molar-refractivity contribution >= 4 is 18.2 Å². The fourth-order valence-corrected chi connectivity index (χ4v) is 6.74. The third-order valence-electron chi connectivity index (χ3n) is 8.50. The fraction of sp³-hybridized carbons (Fsp3) is 0.792. The van der Waals surface area contributed by atoms with Crippen LogP contribution in [0.15, 0.2) is 12.2 Å². The Morgan fingerprint density at radius 3 is 2.38 bits per heavy atom. The summed E-state index contributed by atoms with van der Waals surface area (Å²) in [7, 11) is 0. The molecule has 3 fully saturated rings. The van der Waals surface area contributed by atoms with Gasteiger partial charge in [0, 0.05) is 32.1 Å². The molecule has 0 heterocycles. The topological polar surface area (TPSA) is 69.7 Å². The number of hydrogen-bond acceptors (Lipinski definition) is 5. The van der Waals surface area contributed by atoms with Gasteiger partial charge < -0.3 is 14.3 Å². The van der Waals surface area contributed by atoms with Crippen LogP contribution in [-0.4, -0.2) is 30.4 Å². The minimum atomic E-state index is -0.265. The lowest BCUT2D eigenvalue weighted by Crippen LogP contribution is -2.54. The molecule has 0 amide bonds. The number of carbonyl (C=O) groups is 3. The van der Waals surface area contributed by atoms with Crippen molar-refractivity contribution in [3.8, 4) is 0 Å². The molecule has 3 aliphatic carbocycles. The molecule has 0 spiro atoms. The van der Waals surface area contributed by atoms with Gasteiger partial charge >= 0.3 is 11.9 Å². The maximum Gasteiger partial charge on any atom is 0.302 e. The maximum atomic E-state index is 12.0. The molecule has 7 atom stereocenters. The fourth-order valence-electron chi connectivity index (χ4n) is 6.74. The highest BCUT2D eigenvalue weighted by atomic mass is 16.5. The maximum absolute atomic E-state index is 12.0. The molecular weight excluding hydrogens is 368 g/mol. The molecule has 3 saturated carbocycles. The smallest absolute Gasteiger partial charge is 0.302 e. The molecule has 162 valence electrons. The molecule has 0 aliphatic heterocycles. The Labute approximate surface area is 174 Å². The van der Waals surface area contributed by atoms with Crippen molar-refractivity contribution in [1.82, 2.24) is 0 Å². The van der Waals surface area contributed by atoms with E-state index in [9.17, 15) is 14.4 Å². The molecule has 0 radical (unpaired) electrons. The van der Waals surface area contributed by atoms with Crippen LogP contribution in [-0.2, 0) is 23.9 Å². The molecule has 0 saturated heterocycles. The first kappa shape index (κ1) is 22.0. The van der Waals surface area contributed by atoms with Gasteiger partial charge in [0.2, 0.25) is 0 Å². The first-order valence-electron chi connectivity index (χ1n) is 11.1. The lowest BCUT2D eigenvalue weighted by atomic mass is 9.51. The Bertz CT molecular complexity index is 685. The van der Waals surface area contributed by atoms with Gasteiger partial charge in [-0.1, -0.05) is 26.0 Å². The van der Waals surface area contributed by atoms with Crippen LogP contribution in [0.1, 0.15) is 79.1 Å². The molecule has 3 rings (SSSR count). The quantitative estimate of drug-likeness (QED) is 0.380. The standard InChI is InChI=1S/C24H36O5/c1-15-6-7-20-22(29-17(3)27)21(9-12-23(15,20)4)24(5)11-8-19(28-16(2)26)14-18(24)10-13-25/h13,18-22H,1,6-12,14H2,2-5H3/t18-,19-,20+,21+,22-,23+,24-/m0/s1. The number of ether oxygens (including phenoxy) is 2. The predicted octanol–water partition coefficient (Wildman–Crippen LogP) is 4.63. The Kier molecular flexibility index (Phi) is 6.26. The van der Waals surface area contributed by atoms with Gasteiger partial charge in [0.1, 0.15) is 18.5 Å². The normalized spacial score (nSPS) is 42.1. The van der Waals surface area contributed by atoms with E-state index in [0.29, 0.717) is 12.8 Å². The summed E-state index contributed by atoms with van der Waals surface area (Å²) < 4.78 is 11.5. The summed E-state index contributed by atoms with van der Waals surface area (Å²) in [6, 6.07) is 0. The Balaban J connectivity index is 1.90. The largest absolute Gasteiger partial charge is 0.463 e. The number of aldehydes is 1. The number of allylic oxidation sites excluding steroid dienone is 1. The van der Waals surface area contributed by atoms with Gasteiger partial charge in [0.05, 0.1) is 0 Å². The van der Waals surface area contributed by atoms with Crippen LogP contribution in [0.4, 0.5) is 0 Å². The number of carbonyl (C=O) groups excluding carboxylic acids is 3. The van der Waals surface area contributed by atoms with Crippen molar-refractivity contribution in [2.75, 3.05) is 0 Å². The zero-order valence-electron chi connectivity index (χ0n) is 18.4. The molecule has 0 bridgehead atoms. The molecule has 0 aromatic carbocycles. The Morgan fingerprint density at radius 2 is 1.76 bits per heavy atom. The highest BCUT2D eigenvalue weighted by Gasteiger charge is 2.58. The van der Waals surface area contributed by atoms with Crippen molar-refractivity contribution in [3.63, 3.8) is 0 Å². The second-order valence-electron chi connectivity index (χ2n) is 10.00. The molecule has 0 unspecified atom stereocenters. The van der Waals surface area contributed by atoms with Crippen LogP contribution in [0.2, 0.25) is 0 Å². The van der Waals surface area contributed by atoms with E-state index < -0.39 is 0 Å². The van der Waals surface area contributed by atoms with Gasteiger partial charge in [0.15, 0.2) is 0 Å². The molecule has 5 nitrogen and oxygen atoms in total. The van der Waals surface area contributed by atoms with E-state index in [4.69, 9.17) is 9.47 Å². The monoisotopic (exact) mass is 404 g/mol. The van der Waals surface area contributed by atoms with E-state index in [1.807, 2.05) is 0 Å². The second-order valence-corrected chi connectivity index (χ2v) is 10.00. The Hall–Kier alpha value is -1.65. The van der Waals surface area contributed by atoms with Gasteiger partial charge in [-0.15, -0.1) is 0 Å². The van der Waals surface area contributed by atoms with Crippen molar-refractivity contribution in [2.24, 2.45) is 28.6 Å². The summed E-state index contributed by atoms with van der Waals surface area (Å²) in [5, 5.41) is 0. The highest BCUT2D eigenvalue weighted by molar-refractivity contribution is 5.66. The SMILES string of the molecule is C=C1CC[C@@H]2[C@H](OC(C)=O)[C@H]([C@@]3(C)CC[C@H](OC(C)=O)C[C@@H]3CC=O)CC[C@]12C. The summed E-state index contributed by atoms with van der Waals surface area (Å²) in [4.78, 5) is 35.0. The summed E-state index contributed by atoms with van der Waals surface area (Å²) in [6.45, 7) is 11.8. The number of esters is 2. The van der Waals surface area contributed by atoms with Crippen LogP contribution in [0, 0.1) is 28.6 Å². The number of hydrogen-bond donors (Lipinski definition) is 0. The molecular formula is C24H36O5. The van der Waals surface area contributed by atoms with Crippen molar-refractivity contribution in [2.45, 2.75) is 91.3 Å². The summed E-state index contributed by atoms with van der Waals surface area (Å²) >= 11 is 0. The van der Waals surface area contributed by atoms with Crippen LogP contribution >= 0.6 is 0 Å². The van der Waals surface area contributed by atoms with E-state index >= 15 is 0 Å². The second kappa shape index (κ2) is 8.23. The lowest BCUT2D eigenvalue weighted by molar-refractivity contribution is -0.176. The minimum absolute atomic E-state index is 0.0298. The van der Waals surface area contributed by atoms with E-state index in [2.05, 4.69) is 20.4 Å². The van der Waals surface area contributed by atoms with Gasteiger partial charge in [-0.3, -0.25) is 9.59 Å². The Morgan fingerprint density at radius 1 is 1.07 bits per heavy atom. The molecule has 29 heavy (non-hydrogen) atoms. The average Bonchev–Trinajstić information content (AvgIpc) is 2.93.